The summed E-state index contributed by atoms with van der Waals surface area (Å²) in [5.74, 6) is 0. The van der Waals surface area contributed by atoms with Gasteiger partial charge in [-0.3, -0.25) is 0 Å². The molecule has 0 aliphatic heterocycles. The Labute approximate surface area is 98.2 Å². The van der Waals surface area contributed by atoms with Gasteiger partial charge in [-0.05, 0) is 29.2 Å². The van der Waals surface area contributed by atoms with E-state index in [0.717, 1.165) is 10.0 Å². The fraction of sp³-hybridized carbons (Fsp3) is 0.455. The van der Waals surface area contributed by atoms with Crippen LogP contribution in [0.5, 0.6) is 0 Å². The van der Waals surface area contributed by atoms with Crippen LogP contribution in [0.25, 0.3) is 0 Å². The predicted octanol–water partition coefficient (Wildman–Crippen LogP) is 4.18. The summed E-state index contributed by atoms with van der Waals surface area (Å²) in [6, 6.07) is 5.49. The molecule has 0 aliphatic carbocycles. The van der Waals surface area contributed by atoms with E-state index in [4.69, 9.17) is 11.6 Å². The summed E-state index contributed by atoms with van der Waals surface area (Å²) in [5, 5.41) is 10.7. The van der Waals surface area contributed by atoms with Crippen LogP contribution < -0.4 is 0 Å². The van der Waals surface area contributed by atoms with E-state index < -0.39 is 6.10 Å². The molecule has 1 aromatic rings. The Bertz CT molecular complexity index is 310. The summed E-state index contributed by atoms with van der Waals surface area (Å²) in [5.41, 5.74) is 0.668. The molecule has 0 bridgehead atoms. The van der Waals surface area contributed by atoms with E-state index in [9.17, 15) is 5.11 Å². The van der Waals surface area contributed by atoms with Gasteiger partial charge in [0.1, 0.15) is 0 Å². The second kappa shape index (κ2) is 4.21. The van der Waals surface area contributed by atoms with Gasteiger partial charge in [0.05, 0.1) is 6.10 Å². The molecule has 0 saturated carbocycles. The third kappa shape index (κ3) is 2.97. The van der Waals surface area contributed by atoms with Crippen molar-refractivity contribution < 1.29 is 5.11 Å². The Kier molecular flexibility index (Phi) is 3.62. The molecule has 1 rings (SSSR count). The molecule has 0 heterocycles. The largest absolute Gasteiger partial charge is 0.388 e. The van der Waals surface area contributed by atoms with Crippen molar-refractivity contribution in [2.75, 3.05) is 0 Å². The highest BCUT2D eigenvalue weighted by atomic mass is 79.9. The maximum Gasteiger partial charge on any atom is 0.0839 e. The minimum Gasteiger partial charge on any atom is -0.388 e. The normalized spacial score (nSPS) is 14.1. The lowest BCUT2D eigenvalue weighted by Crippen LogP contribution is -2.17. The van der Waals surface area contributed by atoms with Crippen LogP contribution in [0, 0.1) is 5.41 Å². The van der Waals surface area contributed by atoms with Crippen LogP contribution in [0.1, 0.15) is 32.4 Å². The minimum absolute atomic E-state index is 0.176. The van der Waals surface area contributed by atoms with Crippen LogP contribution in [0.4, 0.5) is 0 Å². The Balaban J connectivity index is 3.07. The quantitative estimate of drug-likeness (QED) is 0.816. The van der Waals surface area contributed by atoms with Crippen molar-refractivity contribution in [3.63, 3.8) is 0 Å². The molecule has 0 fully saturated rings. The smallest absolute Gasteiger partial charge is 0.0839 e. The molecule has 0 spiro atoms. The van der Waals surface area contributed by atoms with Crippen LogP contribution >= 0.6 is 27.5 Å². The SMILES string of the molecule is CC(C)(C)C(O)c1cc(Cl)cc(Br)c1. The molecule has 1 N–H and O–H groups in total. The van der Waals surface area contributed by atoms with E-state index in [2.05, 4.69) is 15.9 Å². The van der Waals surface area contributed by atoms with E-state index in [1.807, 2.05) is 26.8 Å². The number of benzene rings is 1. The van der Waals surface area contributed by atoms with Crippen molar-refractivity contribution in [1.29, 1.82) is 0 Å². The molecular formula is C11H14BrClO. The van der Waals surface area contributed by atoms with Gasteiger partial charge >= 0.3 is 0 Å². The van der Waals surface area contributed by atoms with Crippen molar-refractivity contribution in [3.05, 3.63) is 33.3 Å². The van der Waals surface area contributed by atoms with Gasteiger partial charge in [0.15, 0.2) is 0 Å². The predicted molar refractivity (Wildman–Crippen MR) is 63.6 cm³/mol. The Hall–Kier alpha value is -0.0500. The molecular weight excluding hydrogens is 263 g/mol. The Morgan fingerprint density at radius 1 is 1.29 bits per heavy atom. The van der Waals surface area contributed by atoms with Crippen molar-refractivity contribution in [2.45, 2.75) is 26.9 Å². The zero-order chi connectivity index (χ0) is 10.9. The topological polar surface area (TPSA) is 20.2 Å². The molecule has 1 unspecified atom stereocenters. The summed E-state index contributed by atoms with van der Waals surface area (Å²) in [6.07, 6.45) is -0.502. The van der Waals surface area contributed by atoms with Crippen molar-refractivity contribution in [2.24, 2.45) is 5.41 Å². The zero-order valence-corrected chi connectivity index (χ0v) is 10.9. The molecule has 0 aromatic heterocycles. The molecule has 0 saturated heterocycles. The summed E-state index contributed by atoms with van der Waals surface area (Å²) in [7, 11) is 0. The van der Waals surface area contributed by atoms with Gasteiger partial charge in [-0.2, -0.15) is 0 Å². The zero-order valence-electron chi connectivity index (χ0n) is 8.51. The summed E-state index contributed by atoms with van der Waals surface area (Å²) < 4.78 is 0.892. The number of hydrogen-bond donors (Lipinski definition) is 1. The number of rotatable bonds is 1. The lowest BCUT2D eigenvalue weighted by molar-refractivity contribution is 0.0626. The van der Waals surface area contributed by atoms with Gasteiger partial charge in [-0.1, -0.05) is 48.3 Å². The highest BCUT2D eigenvalue weighted by Crippen LogP contribution is 2.34. The minimum atomic E-state index is -0.502. The van der Waals surface area contributed by atoms with E-state index in [-0.39, 0.29) is 5.41 Å². The first-order chi connectivity index (χ1) is 6.30. The molecule has 1 aromatic carbocycles. The van der Waals surface area contributed by atoms with Crippen LogP contribution in [0.2, 0.25) is 5.02 Å². The van der Waals surface area contributed by atoms with E-state index in [1.165, 1.54) is 0 Å². The van der Waals surface area contributed by atoms with Gasteiger partial charge < -0.3 is 5.11 Å². The van der Waals surface area contributed by atoms with Gasteiger partial charge in [-0.25, -0.2) is 0 Å². The molecule has 0 aliphatic rings. The average molecular weight is 278 g/mol. The first-order valence-electron chi connectivity index (χ1n) is 4.45. The molecule has 1 atom stereocenters. The Morgan fingerprint density at radius 2 is 1.86 bits per heavy atom. The Morgan fingerprint density at radius 3 is 2.29 bits per heavy atom. The molecule has 0 radical (unpaired) electrons. The first kappa shape index (κ1) is 12.0. The number of aliphatic hydroxyl groups is 1. The summed E-state index contributed by atoms with van der Waals surface area (Å²) in [4.78, 5) is 0. The first-order valence-corrected chi connectivity index (χ1v) is 5.62. The fourth-order valence-electron chi connectivity index (χ4n) is 1.23. The summed E-state index contributed by atoms with van der Waals surface area (Å²) in [6.45, 7) is 5.98. The monoisotopic (exact) mass is 276 g/mol. The molecule has 1 nitrogen and oxygen atoms in total. The summed E-state index contributed by atoms with van der Waals surface area (Å²) >= 11 is 9.26. The van der Waals surface area contributed by atoms with E-state index in [1.54, 1.807) is 12.1 Å². The van der Waals surface area contributed by atoms with Crippen molar-refractivity contribution in [1.82, 2.24) is 0 Å². The number of halogens is 2. The van der Waals surface area contributed by atoms with E-state index >= 15 is 0 Å². The maximum atomic E-state index is 10.0. The van der Waals surface area contributed by atoms with Crippen LogP contribution in [0.3, 0.4) is 0 Å². The second-order valence-electron chi connectivity index (χ2n) is 4.47. The molecule has 3 heteroatoms. The number of hydrogen-bond acceptors (Lipinski definition) is 1. The number of aliphatic hydroxyl groups excluding tert-OH is 1. The highest BCUT2D eigenvalue weighted by Gasteiger charge is 2.24. The van der Waals surface area contributed by atoms with Gasteiger partial charge in [0, 0.05) is 9.50 Å². The third-order valence-corrected chi connectivity index (χ3v) is 2.70. The highest BCUT2D eigenvalue weighted by molar-refractivity contribution is 9.10. The fourth-order valence-corrected chi connectivity index (χ4v) is 2.12. The van der Waals surface area contributed by atoms with Crippen molar-refractivity contribution >= 4 is 27.5 Å². The van der Waals surface area contributed by atoms with Gasteiger partial charge in [0.2, 0.25) is 0 Å². The lowest BCUT2D eigenvalue weighted by atomic mass is 9.85. The van der Waals surface area contributed by atoms with E-state index in [0.29, 0.717) is 5.02 Å². The molecule has 78 valence electrons. The standard InChI is InChI=1S/C11H14BrClO/c1-11(2,3)10(14)7-4-8(12)6-9(13)5-7/h4-6,10,14H,1-3H3. The third-order valence-electron chi connectivity index (χ3n) is 2.02. The average Bonchev–Trinajstić information content (AvgIpc) is 1.99. The van der Waals surface area contributed by atoms with Crippen molar-refractivity contribution in [3.8, 4) is 0 Å². The maximum absolute atomic E-state index is 10.0. The second-order valence-corrected chi connectivity index (χ2v) is 5.82. The van der Waals surface area contributed by atoms with Gasteiger partial charge in [-0.15, -0.1) is 0 Å². The molecule has 0 amide bonds. The van der Waals surface area contributed by atoms with Gasteiger partial charge in [0.25, 0.3) is 0 Å². The molecule has 14 heavy (non-hydrogen) atoms. The lowest BCUT2D eigenvalue weighted by Gasteiger charge is -2.26. The van der Waals surface area contributed by atoms with Crippen LogP contribution in [-0.4, -0.2) is 5.11 Å². The van der Waals surface area contributed by atoms with Crippen LogP contribution in [0.15, 0.2) is 22.7 Å². The van der Waals surface area contributed by atoms with Crippen LogP contribution in [-0.2, 0) is 0 Å².